The molecule has 0 aliphatic rings. The molecule has 3 aromatic rings. The highest BCUT2D eigenvalue weighted by Crippen LogP contribution is 2.26. The molecule has 1 atom stereocenters. The minimum absolute atomic E-state index is 0.573. The fourth-order valence-electron chi connectivity index (χ4n) is 2.45. The number of nitriles is 1. The number of carboxylic acids is 1. The van der Waals surface area contributed by atoms with Crippen LogP contribution < -0.4 is 4.40 Å². The van der Waals surface area contributed by atoms with E-state index in [1.54, 1.807) is 6.92 Å². The van der Waals surface area contributed by atoms with Crippen molar-refractivity contribution in [2.75, 3.05) is 0 Å². The second kappa shape index (κ2) is 5.35. The molecule has 0 aliphatic carbocycles. The van der Waals surface area contributed by atoms with Gasteiger partial charge in [-0.15, -0.1) is 0 Å². The normalized spacial score (nSPS) is 12.4. The van der Waals surface area contributed by atoms with E-state index in [0.29, 0.717) is 11.2 Å². The van der Waals surface area contributed by atoms with Crippen molar-refractivity contribution >= 4 is 34.4 Å². The van der Waals surface area contributed by atoms with Crippen molar-refractivity contribution in [3.05, 3.63) is 41.5 Å². The zero-order valence-electron chi connectivity index (χ0n) is 12.1. The Morgan fingerprint density at radius 2 is 2.18 bits per heavy atom. The summed E-state index contributed by atoms with van der Waals surface area (Å²) >= 11 is 1.27. The van der Waals surface area contributed by atoms with Gasteiger partial charge in [-0.1, -0.05) is 23.9 Å². The number of aromatic amines is 1. The highest BCUT2D eigenvalue weighted by Gasteiger charge is 2.24. The van der Waals surface area contributed by atoms with E-state index in [-0.39, 0.29) is 0 Å². The number of benzene rings is 1. The fourth-order valence-corrected chi connectivity index (χ4v) is 3.45. The van der Waals surface area contributed by atoms with Crippen molar-refractivity contribution in [1.29, 1.82) is 5.26 Å². The average Bonchev–Trinajstić information content (AvgIpc) is 2.86. The molecule has 0 radical (unpaired) electrons. The molecule has 22 heavy (non-hydrogen) atoms. The Labute approximate surface area is 131 Å². The summed E-state index contributed by atoms with van der Waals surface area (Å²) in [6.07, 6.45) is 0. The second-order valence-corrected chi connectivity index (χ2v) is 6.44. The first kappa shape index (κ1) is 14.4. The summed E-state index contributed by atoms with van der Waals surface area (Å²) in [6.45, 7) is 3.52. The van der Waals surface area contributed by atoms with Crippen LogP contribution in [0.4, 0.5) is 0 Å². The van der Waals surface area contributed by atoms with Gasteiger partial charge in [-0.2, -0.15) is 9.66 Å². The molecule has 2 N–H and O–H groups in total. The Kier molecular flexibility index (Phi) is 3.51. The second-order valence-electron chi connectivity index (χ2n) is 5.08. The van der Waals surface area contributed by atoms with Crippen molar-refractivity contribution in [3.8, 4) is 6.07 Å². The predicted molar refractivity (Wildman–Crippen MR) is 83.9 cm³/mol. The van der Waals surface area contributed by atoms with Crippen LogP contribution in [-0.2, 0) is 4.79 Å². The number of pyridine rings is 1. The Hall–Kier alpha value is -2.52. The molecule has 1 aromatic carbocycles. The molecular formula is C16H14N3O2S+. The van der Waals surface area contributed by atoms with Gasteiger partial charge in [-0.3, -0.25) is 4.79 Å². The number of fused-ring (bicyclic) bond motifs is 3. The molecule has 5 nitrogen and oxygen atoms in total. The van der Waals surface area contributed by atoms with Crippen molar-refractivity contribution in [3.63, 3.8) is 0 Å². The van der Waals surface area contributed by atoms with Crippen LogP contribution in [-0.4, -0.2) is 21.3 Å². The number of H-pyrrole nitrogens is 1. The summed E-state index contributed by atoms with van der Waals surface area (Å²) in [4.78, 5) is 14.4. The number of para-hydroxylation sites is 2. The maximum atomic E-state index is 11.2. The van der Waals surface area contributed by atoms with E-state index in [1.807, 2.05) is 41.7 Å². The van der Waals surface area contributed by atoms with Crippen LogP contribution in [0.3, 0.4) is 0 Å². The fraction of sp³-hybridized carbons (Fsp3) is 0.188. The monoisotopic (exact) mass is 312 g/mol. The van der Waals surface area contributed by atoms with Gasteiger partial charge >= 0.3 is 11.6 Å². The summed E-state index contributed by atoms with van der Waals surface area (Å²) in [5.74, 6) is -0.861. The quantitative estimate of drug-likeness (QED) is 0.575. The Morgan fingerprint density at radius 3 is 2.86 bits per heavy atom. The largest absolute Gasteiger partial charge is 0.480 e. The highest BCUT2D eigenvalue weighted by atomic mass is 32.2. The van der Waals surface area contributed by atoms with Gasteiger partial charge in [0.1, 0.15) is 16.9 Å². The number of aryl methyl sites for hydroxylation is 1. The van der Waals surface area contributed by atoms with Crippen LogP contribution in [0.15, 0.2) is 35.4 Å². The van der Waals surface area contributed by atoms with Crippen LogP contribution in [0.5, 0.6) is 0 Å². The van der Waals surface area contributed by atoms with Crippen molar-refractivity contribution < 1.29 is 14.3 Å². The lowest BCUT2D eigenvalue weighted by molar-refractivity contribution is -0.526. The van der Waals surface area contributed by atoms with E-state index >= 15 is 0 Å². The lowest BCUT2D eigenvalue weighted by Crippen LogP contribution is -2.27. The van der Waals surface area contributed by atoms with Crippen LogP contribution in [0.1, 0.15) is 18.1 Å². The molecule has 0 saturated carbocycles. The molecule has 0 fully saturated rings. The summed E-state index contributed by atoms with van der Waals surface area (Å²) in [7, 11) is 0. The van der Waals surface area contributed by atoms with Gasteiger partial charge in [0.05, 0.1) is 0 Å². The lowest BCUT2D eigenvalue weighted by Gasteiger charge is -2.07. The van der Waals surface area contributed by atoms with E-state index in [9.17, 15) is 10.1 Å². The van der Waals surface area contributed by atoms with E-state index < -0.39 is 11.2 Å². The molecule has 0 saturated heterocycles. The zero-order chi connectivity index (χ0) is 15.9. The lowest BCUT2D eigenvalue weighted by atomic mass is 10.2. The van der Waals surface area contributed by atoms with E-state index in [4.69, 9.17) is 5.11 Å². The van der Waals surface area contributed by atoms with E-state index in [2.05, 4.69) is 11.1 Å². The molecule has 2 heterocycles. The van der Waals surface area contributed by atoms with E-state index in [0.717, 1.165) is 21.6 Å². The highest BCUT2D eigenvalue weighted by molar-refractivity contribution is 8.00. The maximum Gasteiger partial charge on any atom is 0.316 e. The number of rotatable bonds is 3. The number of hydrogen-bond donors (Lipinski definition) is 2. The van der Waals surface area contributed by atoms with Crippen molar-refractivity contribution in [1.82, 2.24) is 4.98 Å². The summed E-state index contributed by atoms with van der Waals surface area (Å²) in [6, 6.07) is 11.8. The van der Waals surface area contributed by atoms with Crippen LogP contribution in [0.2, 0.25) is 0 Å². The number of thioether (sulfide) groups is 1. The number of aromatic nitrogens is 2. The van der Waals surface area contributed by atoms with Gasteiger partial charge in [-0.05, 0) is 37.6 Å². The number of nitrogens with zero attached hydrogens (tertiary/aromatic N) is 2. The number of nitrogens with one attached hydrogen (secondary N) is 1. The molecule has 110 valence electrons. The number of aliphatic carboxylic acids is 1. The zero-order valence-corrected chi connectivity index (χ0v) is 12.9. The first-order valence-corrected chi connectivity index (χ1v) is 7.66. The minimum Gasteiger partial charge on any atom is -0.480 e. The topological polar surface area (TPSA) is 81.0 Å². The number of carbonyl (C=O) groups is 1. The third kappa shape index (κ3) is 2.20. The Morgan fingerprint density at radius 1 is 1.45 bits per heavy atom. The number of imidazole rings is 1. The summed E-state index contributed by atoms with van der Waals surface area (Å²) < 4.78 is 1.92. The maximum absolute atomic E-state index is 11.2. The Bertz CT molecular complexity index is 940. The van der Waals surface area contributed by atoms with E-state index in [1.165, 1.54) is 11.8 Å². The molecule has 3 rings (SSSR count). The van der Waals surface area contributed by atoms with Crippen molar-refractivity contribution in [2.24, 2.45) is 0 Å². The number of hydrogen-bond acceptors (Lipinski definition) is 3. The SMILES string of the molecule is Cc1cc(S[C@@H](C)C(=O)O)[n+]2c([nH]c3ccccc32)c1C#N. The third-order valence-corrected chi connectivity index (χ3v) is 4.67. The molecular weight excluding hydrogens is 298 g/mol. The van der Waals surface area contributed by atoms with Gasteiger partial charge in [0, 0.05) is 0 Å². The molecule has 6 heteroatoms. The van der Waals surface area contributed by atoms with Gasteiger partial charge in [0.25, 0.3) is 0 Å². The van der Waals surface area contributed by atoms with Gasteiger partial charge < -0.3 is 5.11 Å². The van der Waals surface area contributed by atoms with Crippen molar-refractivity contribution in [2.45, 2.75) is 24.1 Å². The summed E-state index contributed by atoms with van der Waals surface area (Å²) in [5, 5.41) is 18.8. The standard InChI is InChI=1S/C16H13N3O2S/c1-9-7-14(22-10(2)16(20)21)19-13-6-4-3-5-12(13)18-15(19)11(9)8-17/h3-7,10H,1-2H3,(H,20,21)/p+1/t10-/m0/s1. The minimum atomic E-state index is -0.861. The third-order valence-electron chi connectivity index (χ3n) is 3.57. The number of carboxylic acid groups (broad SMARTS) is 1. The molecule has 2 aromatic heterocycles. The Balaban J connectivity index is 2.37. The molecule has 0 bridgehead atoms. The summed E-state index contributed by atoms with van der Waals surface area (Å²) in [5.41, 5.74) is 3.94. The molecule has 0 spiro atoms. The van der Waals surface area contributed by atoms with Gasteiger partial charge in [0.2, 0.25) is 0 Å². The molecule has 0 unspecified atom stereocenters. The predicted octanol–water partition coefficient (Wildman–Crippen LogP) is 2.65. The van der Waals surface area contributed by atoms with Crippen LogP contribution >= 0.6 is 11.8 Å². The smallest absolute Gasteiger partial charge is 0.316 e. The van der Waals surface area contributed by atoms with Crippen LogP contribution in [0, 0.1) is 18.3 Å². The first-order valence-electron chi connectivity index (χ1n) is 6.78. The average molecular weight is 312 g/mol. The molecule has 0 amide bonds. The van der Waals surface area contributed by atoms with Gasteiger partial charge in [0.15, 0.2) is 16.1 Å². The molecule has 0 aliphatic heterocycles. The first-order chi connectivity index (χ1) is 10.5. The van der Waals surface area contributed by atoms with Gasteiger partial charge in [-0.25, -0.2) is 4.98 Å². The van der Waals surface area contributed by atoms with Crippen LogP contribution in [0.25, 0.3) is 16.7 Å².